The van der Waals surface area contributed by atoms with Crippen molar-refractivity contribution in [1.29, 1.82) is 0 Å². The third kappa shape index (κ3) is 2.84. The first-order chi connectivity index (χ1) is 7.75. The van der Waals surface area contributed by atoms with E-state index < -0.39 is 0 Å². The van der Waals surface area contributed by atoms with Gasteiger partial charge in [0.05, 0.1) is 0 Å². The molecular formula is C14H19NO. The summed E-state index contributed by atoms with van der Waals surface area (Å²) in [5.41, 5.74) is 9.51. The van der Waals surface area contributed by atoms with E-state index >= 15 is 0 Å². The van der Waals surface area contributed by atoms with Gasteiger partial charge >= 0.3 is 0 Å². The van der Waals surface area contributed by atoms with Crippen molar-refractivity contribution >= 4 is 5.91 Å². The molecule has 0 aliphatic heterocycles. The highest BCUT2D eigenvalue weighted by Crippen LogP contribution is 2.22. The van der Waals surface area contributed by atoms with Crippen LogP contribution in [0.25, 0.3) is 0 Å². The number of amides is 1. The quantitative estimate of drug-likeness (QED) is 0.826. The largest absolute Gasteiger partial charge is 0.370 e. The first-order valence-electron chi connectivity index (χ1n) is 6.15. The van der Waals surface area contributed by atoms with Crippen LogP contribution in [-0.2, 0) is 24.1 Å². The lowest BCUT2D eigenvalue weighted by atomic mass is 9.89. The van der Waals surface area contributed by atoms with Crippen LogP contribution in [0.4, 0.5) is 0 Å². The first-order valence-corrected chi connectivity index (χ1v) is 6.15. The van der Waals surface area contributed by atoms with E-state index in [-0.39, 0.29) is 5.91 Å². The summed E-state index contributed by atoms with van der Waals surface area (Å²) in [5.74, 6) is -0.196. The zero-order chi connectivity index (χ0) is 11.4. The second-order valence-electron chi connectivity index (χ2n) is 4.63. The van der Waals surface area contributed by atoms with E-state index in [1.807, 2.05) is 0 Å². The van der Waals surface area contributed by atoms with Gasteiger partial charge in [-0.15, -0.1) is 0 Å². The number of primary amides is 1. The first kappa shape index (κ1) is 11.2. The Morgan fingerprint density at radius 1 is 1.19 bits per heavy atom. The fourth-order valence-electron chi connectivity index (χ4n) is 2.41. The summed E-state index contributed by atoms with van der Waals surface area (Å²) in [6.45, 7) is 0. The predicted octanol–water partition coefficient (Wildman–Crippen LogP) is 2.37. The van der Waals surface area contributed by atoms with Crippen molar-refractivity contribution in [2.24, 2.45) is 5.73 Å². The van der Waals surface area contributed by atoms with E-state index in [1.165, 1.54) is 42.4 Å². The van der Waals surface area contributed by atoms with E-state index in [9.17, 15) is 4.79 Å². The number of nitrogens with two attached hydrogens (primary N) is 1. The fraction of sp³-hybridized carbons (Fsp3) is 0.500. The second kappa shape index (κ2) is 5.15. The second-order valence-corrected chi connectivity index (χ2v) is 4.63. The molecule has 0 bridgehead atoms. The summed E-state index contributed by atoms with van der Waals surface area (Å²) in [7, 11) is 0. The maximum Gasteiger partial charge on any atom is 0.217 e. The summed E-state index contributed by atoms with van der Waals surface area (Å²) in [6.07, 6.45) is 7.43. The van der Waals surface area contributed by atoms with Crippen LogP contribution in [0.5, 0.6) is 0 Å². The standard InChI is InChI=1S/C14H19NO/c15-14(16)7-3-4-11-8-9-12-5-1-2-6-13(12)10-11/h8-10H,1-7H2,(H2,15,16). The van der Waals surface area contributed by atoms with E-state index in [0.29, 0.717) is 6.42 Å². The van der Waals surface area contributed by atoms with Gasteiger partial charge in [-0.3, -0.25) is 4.79 Å². The lowest BCUT2D eigenvalue weighted by Crippen LogP contribution is -2.10. The van der Waals surface area contributed by atoms with Gasteiger partial charge in [0.2, 0.25) is 5.91 Å². The number of hydrogen-bond donors (Lipinski definition) is 1. The topological polar surface area (TPSA) is 43.1 Å². The molecule has 2 rings (SSSR count). The average molecular weight is 217 g/mol. The molecule has 0 radical (unpaired) electrons. The highest BCUT2D eigenvalue weighted by molar-refractivity contribution is 5.73. The molecule has 1 amide bonds. The van der Waals surface area contributed by atoms with Crippen molar-refractivity contribution in [3.8, 4) is 0 Å². The molecule has 0 heterocycles. The Balaban J connectivity index is 1.97. The Labute approximate surface area is 96.8 Å². The van der Waals surface area contributed by atoms with Gasteiger partial charge < -0.3 is 5.73 Å². The Kier molecular flexibility index (Phi) is 3.60. The Morgan fingerprint density at radius 3 is 2.69 bits per heavy atom. The van der Waals surface area contributed by atoms with Crippen molar-refractivity contribution in [1.82, 2.24) is 0 Å². The maximum atomic E-state index is 10.6. The minimum atomic E-state index is -0.196. The zero-order valence-corrected chi connectivity index (χ0v) is 9.67. The number of hydrogen-bond acceptors (Lipinski definition) is 1. The van der Waals surface area contributed by atoms with Gasteiger partial charge in [0.25, 0.3) is 0 Å². The average Bonchev–Trinajstić information content (AvgIpc) is 2.28. The number of carbonyl (C=O) groups excluding carboxylic acids is 1. The number of carbonyl (C=O) groups is 1. The Bertz CT molecular complexity index is 384. The molecule has 0 fully saturated rings. The zero-order valence-electron chi connectivity index (χ0n) is 9.67. The highest BCUT2D eigenvalue weighted by atomic mass is 16.1. The van der Waals surface area contributed by atoms with E-state index in [4.69, 9.17) is 5.73 Å². The predicted molar refractivity (Wildman–Crippen MR) is 65.2 cm³/mol. The molecule has 0 saturated heterocycles. The van der Waals surface area contributed by atoms with Crippen molar-refractivity contribution in [2.45, 2.75) is 44.9 Å². The smallest absolute Gasteiger partial charge is 0.217 e. The van der Waals surface area contributed by atoms with Crippen LogP contribution in [0, 0.1) is 0 Å². The lowest BCUT2D eigenvalue weighted by Gasteiger charge is -2.16. The van der Waals surface area contributed by atoms with Crippen molar-refractivity contribution in [2.75, 3.05) is 0 Å². The van der Waals surface area contributed by atoms with Gasteiger partial charge in [-0.1, -0.05) is 18.2 Å². The number of fused-ring (bicyclic) bond motifs is 1. The van der Waals surface area contributed by atoms with Crippen molar-refractivity contribution < 1.29 is 4.79 Å². The normalized spacial score (nSPS) is 14.5. The third-order valence-electron chi connectivity index (χ3n) is 3.30. The molecule has 16 heavy (non-hydrogen) atoms. The molecule has 1 aromatic rings. The lowest BCUT2D eigenvalue weighted by molar-refractivity contribution is -0.118. The SMILES string of the molecule is NC(=O)CCCc1ccc2c(c1)CCCC2. The van der Waals surface area contributed by atoms with Gasteiger partial charge in [0, 0.05) is 6.42 Å². The third-order valence-corrected chi connectivity index (χ3v) is 3.30. The van der Waals surface area contributed by atoms with Gasteiger partial charge in [-0.05, 0) is 55.2 Å². The molecule has 0 saturated carbocycles. The molecule has 0 unspecified atom stereocenters. The molecule has 2 N–H and O–H groups in total. The highest BCUT2D eigenvalue weighted by Gasteiger charge is 2.09. The van der Waals surface area contributed by atoms with E-state index in [2.05, 4.69) is 18.2 Å². The summed E-state index contributed by atoms with van der Waals surface area (Å²) in [6, 6.07) is 6.77. The minimum Gasteiger partial charge on any atom is -0.370 e. The molecule has 0 atom stereocenters. The van der Waals surface area contributed by atoms with E-state index in [0.717, 1.165) is 12.8 Å². The monoisotopic (exact) mass is 217 g/mol. The van der Waals surface area contributed by atoms with Crippen LogP contribution in [0.1, 0.15) is 42.4 Å². The van der Waals surface area contributed by atoms with Crippen LogP contribution in [0.15, 0.2) is 18.2 Å². The molecule has 2 nitrogen and oxygen atoms in total. The van der Waals surface area contributed by atoms with Crippen LogP contribution in [0.2, 0.25) is 0 Å². The van der Waals surface area contributed by atoms with Crippen LogP contribution >= 0.6 is 0 Å². The van der Waals surface area contributed by atoms with E-state index in [1.54, 1.807) is 0 Å². The number of benzene rings is 1. The summed E-state index contributed by atoms with van der Waals surface area (Å²) in [4.78, 5) is 10.6. The van der Waals surface area contributed by atoms with Gasteiger partial charge in [0.1, 0.15) is 0 Å². The number of aryl methyl sites for hydroxylation is 3. The van der Waals surface area contributed by atoms with Gasteiger partial charge in [-0.2, -0.15) is 0 Å². The maximum absolute atomic E-state index is 10.6. The fourth-order valence-corrected chi connectivity index (χ4v) is 2.41. The molecule has 2 heteroatoms. The Morgan fingerprint density at radius 2 is 1.94 bits per heavy atom. The van der Waals surface area contributed by atoms with Crippen LogP contribution < -0.4 is 5.73 Å². The molecule has 1 aliphatic rings. The minimum absolute atomic E-state index is 0.196. The van der Waals surface area contributed by atoms with Crippen LogP contribution in [0.3, 0.4) is 0 Å². The Hall–Kier alpha value is -1.31. The molecule has 0 aromatic heterocycles. The van der Waals surface area contributed by atoms with Crippen LogP contribution in [-0.4, -0.2) is 5.91 Å². The number of rotatable bonds is 4. The van der Waals surface area contributed by atoms with Crippen molar-refractivity contribution in [3.05, 3.63) is 34.9 Å². The van der Waals surface area contributed by atoms with Gasteiger partial charge in [-0.25, -0.2) is 0 Å². The molecule has 86 valence electrons. The van der Waals surface area contributed by atoms with Gasteiger partial charge in [0.15, 0.2) is 0 Å². The molecular weight excluding hydrogens is 198 g/mol. The molecule has 0 spiro atoms. The summed E-state index contributed by atoms with van der Waals surface area (Å²) in [5, 5.41) is 0. The molecule has 1 aromatic carbocycles. The molecule has 1 aliphatic carbocycles. The summed E-state index contributed by atoms with van der Waals surface area (Å²) >= 11 is 0. The van der Waals surface area contributed by atoms with Crippen molar-refractivity contribution in [3.63, 3.8) is 0 Å². The summed E-state index contributed by atoms with van der Waals surface area (Å²) < 4.78 is 0.